The summed E-state index contributed by atoms with van der Waals surface area (Å²) in [7, 11) is 0. The molecule has 0 N–H and O–H groups in total. The number of aryl methyl sites for hydroxylation is 1. The summed E-state index contributed by atoms with van der Waals surface area (Å²) >= 11 is 2.94. The quantitative estimate of drug-likeness (QED) is 0.588. The van der Waals surface area contributed by atoms with Crippen LogP contribution in [0.25, 0.3) is 0 Å². The highest BCUT2D eigenvalue weighted by Gasteiger charge is 2.18. The Morgan fingerprint density at radius 1 is 1.15 bits per heavy atom. The van der Waals surface area contributed by atoms with E-state index in [0.29, 0.717) is 5.56 Å². The highest BCUT2D eigenvalue weighted by atomic mass is 79.9. The Hall–Kier alpha value is -1.62. The first kappa shape index (κ1) is 14.8. The van der Waals surface area contributed by atoms with Gasteiger partial charge < -0.3 is 0 Å². The molecule has 0 atom stereocenters. The molecule has 0 aliphatic rings. The van der Waals surface area contributed by atoms with Crippen LogP contribution in [0.15, 0.2) is 34.8 Å². The molecule has 5 heteroatoms. The fourth-order valence-corrected chi connectivity index (χ4v) is 2.25. The van der Waals surface area contributed by atoms with Crippen LogP contribution < -0.4 is 0 Å². The summed E-state index contributed by atoms with van der Waals surface area (Å²) in [6.07, 6.45) is -0.457. The first-order valence-corrected chi connectivity index (χ1v) is 6.61. The van der Waals surface area contributed by atoms with Crippen molar-refractivity contribution in [3.05, 3.63) is 68.9 Å². The van der Waals surface area contributed by atoms with Crippen LogP contribution in [0.2, 0.25) is 0 Å². The summed E-state index contributed by atoms with van der Waals surface area (Å²) in [5.41, 5.74) is 0.365. The predicted molar refractivity (Wildman–Crippen MR) is 73.2 cm³/mol. The third-order valence-electron chi connectivity index (χ3n) is 2.98. The number of benzene rings is 2. The van der Waals surface area contributed by atoms with E-state index in [0.717, 1.165) is 12.1 Å². The van der Waals surface area contributed by atoms with Crippen molar-refractivity contribution < 1.29 is 18.0 Å². The topological polar surface area (TPSA) is 17.1 Å². The summed E-state index contributed by atoms with van der Waals surface area (Å²) in [4.78, 5) is 12.1. The molecule has 0 heterocycles. The second-order valence-corrected chi connectivity index (χ2v) is 5.24. The lowest BCUT2D eigenvalue weighted by Gasteiger charge is -2.08. The third kappa shape index (κ3) is 2.93. The van der Waals surface area contributed by atoms with Crippen LogP contribution in [-0.2, 0) is 6.42 Å². The number of halogens is 4. The molecule has 0 radical (unpaired) electrons. The number of hydrogen-bond acceptors (Lipinski definition) is 1. The summed E-state index contributed by atoms with van der Waals surface area (Å²) in [6, 6.07) is 6.06. The van der Waals surface area contributed by atoms with Crippen LogP contribution in [0.5, 0.6) is 0 Å². The summed E-state index contributed by atoms with van der Waals surface area (Å²) in [6.45, 7) is 1.64. The first-order valence-electron chi connectivity index (χ1n) is 5.82. The Morgan fingerprint density at radius 2 is 1.85 bits per heavy atom. The fourth-order valence-electron chi connectivity index (χ4n) is 1.88. The smallest absolute Gasteiger partial charge is 0.167 e. The Kier molecular flexibility index (Phi) is 4.28. The van der Waals surface area contributed by atoms with Crippen LogP contribution in [0.3, 0.4) is 0 Å². The molecule has 0 aliphatic heterocycles. The SMILES string of the molecule is Cc1ccc(F)cc1C(=O)Cc1c(F)ccc(Br)c1F. The standard InChI is InChI=1S/C15H10BrF3O/c1-8-2-3-9(17)6-10(8)14(20)7-11-13(18)5-4-12(16)15(11)19/h2-6H,7H2,1H3. The van der Waals surface area contributed by atoms with Crippen molar-refractivity contribution in [2.75, 3.05) is 0 Å². The van der Waals surface area contributed by atoms with Gasteiger partial charge in [-0.05, 0) is 52.7 Å². The Balaban J connectivity index is 2.38. The maximum absolute atomic E-state index is 13.8. The Morgan fingerprint density at radius 3 is 2.55 bits per heavy atom. The fraction of sp³-hybridized carbons (Fsp3) is 0.133. The van der Waals surface area contributed by atoms with Crippen LogP contribution >= 0.6 is 15.9 Å². The molecule has 0 saturated heterocycles. The molecule has 0 amide bonds. The Labute approximate surface area is 122 Å². The number of carbonyl (C=O) groups excluding carboxylic acids is 1. The van der Waals surface area contributed by atoms with E-state index in [-0.39, 0.29) is 15.6 Å². The highest BCUT2D eigenvalue weighted by molar-refractivity contribution is 9.10. The van der Waals surface area contributed by atoms with Crippen molar-refractivity contribution in [3.63, 3.8) is 0 Å². The number of carbonyl (C=O) groups is 1. The van der Waals surface area contributed by atoms with Gasteiger partial charge in [-0.1, -0.05) is 6.07 Å². The van der Waals surface area contributed by atoms with Gasteiger partial charge in [0.1, 0.15) is 17.5 Å². The molecule has 2 rings (SSSR count). The van der Waals surface area contributed by atoms with E-state index >= 15 is 0 Å². The van der Waals surface area contributed by atoms with Gasteiger partial charge in [0, 0.05) is 17.5 Å². The second-order valence-electron chi connectivity index (χ2n) is 4.38. The molecule has 0 fully saturated rings. The zero-order valence-electron chi connectivity index (χ0n) is 10.5. The molecular formula is C15H10BrF3O. The summed E-state index contributed by atoms with van der Waals surface area (Å²) < 4.78 is 40.6. The van der Waals surface area contributed by atoms with E-state index in [9.17, 15) is 18.0 Å². The molecule has 0 aliphatic carbocycles. The number of Topliss-reactive ketones (excluding diaryl/α,β-unsaturated/α-hetero) is 1. The van der Waals surface area contributed by atoms with Gasteiger partial charge in [0.25, 0.3) is 0 Å². The third-order valence-corrected chi connectivity index (χ3v) is 3.59. The van der Waals surface area contributed by atoms with Crippen molar-refractivity contribution >= 4 is 21.7 Å². The summed E-state index contributed by atoms with van der Waals surface area (Å²) in [5, 5.41) is 0. The monoisotopic (exact) mass is 342 g/mol. The normalized spacial score (nSPS) is 10.7. The maximum atomic E-state index is 13.8. The van der Waals surface area contributed by atoms with E-state index in [1.54, 1.807) is 6.92 Å². The molecule has 0 unspecified atom stereocenters. The Bertz CT molecular complexity index is 683. The maximum Gasteiger partial charge on any atom is 0.167 e. The van der Waals surface area contributed by atoms with Crippen LogP contribution in [0.4, 0.5) is 13.2 Å². The minimum Gasteiger partial charge on any atom is -0.294 e. The average Bonchev–Trinajstić information content (AvgIpc) is 2.41. The lowest BCUT2D eigenvalue weighted by atomic mass is 9.98. The number of hydrogen-bond donors (Lipinski definition) is 0. The van der Waals surface area contributed by atoms with E-state index in [1.165, 1.54) is 18.2 Å². The summed E-state index contributed by atoms with van der Waals surface area (Å²) in [5.74, 6) is -2.70. The molecule has 0 bridgehead atoms. The van der Waals surface area contributed by atoms with Gasteiger partial charge in [-0.15, -0.1) is 0 Å². The number of rotatable bonds is 3. The van der Waals surface area contributed by atoms with Gasteiger partial charge in [-0.25, -0.2) is 13.2 Å². The van der Waals surface area contributed by atoms with Crippen LogP contribution in [0.1, 0.15) is 21.5 Å². The second kappa shape index (κ2) is 5.79. The van der Waals surface area contributed by atoms with Gasteiger partial charge in [0.15, 0.2) is 5.78 Å². The van der Waals surface area contributed by atoms with Crippen molar-refractivity contribution in [2.45, 2.75) is 13.3 Å². The average molecular weight is 343 g/mol. The molecule has 0 aromatic heterocycles. The minimum atomic E-state index is -0.813. The van der Waals surface area contributed by atoms with Crippen molar-refractivity contribution in [2.24, 2.45) is 0 Å². The molecule has 20 heavy (non-hydrogen) atoms. The molecule has 1 nitrogen and oxygen atoms in total. The zero-order valence-corrected chi connectivity index (χ0v) is 12.1. The molecular weight excluding hydrogens is 333 g/mol. The van der Waals surface area contributed by atoms with E-state index < -0.39 is 29.7 Å². The first-order chi connectivity index (χ1) is 9.40. The van der Waals surface area contributed by atoms with E-state index in [2.05, 4.69) is 15.9 Å². The van der Waals surface area contributed by atoms with Gasteiger partial charge in [0.05, 0.1) is 4.47 Å². The molecule has 2 aromatic carbocycles. The van der Waals surface area contributed by atoms with Crippen molar-refractivity contribution in [1.82, 2.24) is 0 Å². The lowest BCUT2D eigenvalue weighted by molar-refractivity contribution is 0.0989. The largest absolute Gasteiger partial charge is 0.294 e. The van der Waals surface area contributed by atoms with Crippen molar-refractivity contribution in [1.29, 1.82) is 0 Å². The zero-order chi connectivity index (χ0) is 14.9. The van der Waals surface area contributed by atoms with Crippen molar-refractivity contribution in [3.8, 4) is 0 Å². The van der Waals surface area contributed by atoms with Gasteiger partial charge in [-0.3, -0.25) is 4.79 Å². The lowest BCUT2D eigenvalue weighted by Crippen LogP contribution is -2.09. The van der Waals surface area contributed by atoms with E-state index in [4.69, 9.17) is 0 Å². The minimum absolute atomic E-state index is 0.0812. The molecule has 2 aromatic rings. The molecule has 0 spiro atoms. The molecule has 0 saturated carbocycles. The van der Waals surface area contributed by atoms with Crippen LogP contribution in [-0.4, -0.2) is 5.78 Å². The van der Waals surface area contributed by atoms with Gasteiger partial charge >= 0.3 is 0 Å². The molecule has 104 valence electrons. The van der Waals surface area contributed by atoms with E-state index in [1.807, 2.05) is 0 Å². The van der Waals surface area contributed by atoms with Gasteiger partial charge in [0.2, 0.25) is 0 Å². The van der Waals surface area contributed by atoms with Gasteiger partial charge in [-0.2, -0.15) is 0 Å². The number of ketones is 1. The highest BCUT2D eigenvalue weighted by Crippen LogP contribution is 2.23. The predicted octanol–water partition coefficient (Wildman–Crippen LogP) is 4.60. The van der Waals surface area contributed by atoms with Crippen LogP contribution in [0, 0.1) is 24.4 Å².